The van der Waals surface area contributed by atoms with Crippen molar-refractivity contribution in [2.75, 3.05) is 5.32 Å². The van der Waals surface area contributed by atoms with Gasteiger partial charge in [0, 0.05) is 23.4 Å². The Labute approximate surface area is 164 Å². The molecule has 0 saturated carbocycles. The molecule has 0 fully saturated rings. The van der Waals surface area contributed by atoms with E-state index in [0.717, 1.165) is 10.1 Å². The summed E-state index contributed by atoms with van der Waals surface area (Å²) in [4.78, 5) is 22.4. The number of nitro groups is 1. The molecule has 0 bridgehead atoms. The number of aromatic nitrogens is 2. The van der Waals surface area contributed by atoms with Crippen LogP contribution in [-0.4, -0.2) is 21.0 Å². The van der Waals surface area contributed by atoms with Crippen LogP contribution in [0.2, 0.25) is 0 Å². The fraction of sp³-hybridized carbons (Fsp3) is 0.167. The molecule has 0 aliphatic carbocycles. The predicted octanol–water partition coefficient (Wildman–Crippen LogP) is 4.61. The first-order valence-electron chi connectivity index (χ1n) is 8.00. The van der Waals surface area contributed by atoms with Crippen LogP contribution in [-0.2, 0) is 5.75 Å². The zero-order valence-corrected chi connectivity index (χ0v) is 16.3. The molecule has 27 heavy (non-hydrogen) atoms. The number of hydrogen-bond acceptors (Lipinski definition) is 7. The molecule has 2 aromatic carbocycles. The van der Waals surface area contributed by atoms with Crippen LogP contribution in [0.25, 0.3) is 0 Å². The van der Waals surface area contributed by atoms with Gasteiger partial charge < -0.3 is 0 Å². The number of rotatable bonds is 6. The van der Waals surface area contributed by atoms with Gasteiger partial charge in [-0.1, -0.05) is 46.9 Å². The number of amides is 1. The van der Waals surface area contributed by atoms with Gasteiger partial charge in [-0.15, -0.1) is 10.2 Å². The van der Waals surface area contributed by atoms with Crippen LogP contribution in [0.15, 0.2) is 46.8 Å². The number of non-ortho nitro benzene ring substituents is 1. The number of nitrogens with one attached hydrogen (secondary N) is 1. The second kappa shape index (κ2) is 8.28. The number of nitro benzene ring substituents is 1. The molecular weight excluding hydrogens is 384 g/mol. The Morgan fingerprint density at radius 1 is 1.19 bits per heavy atom. The predicted molar refractivity (Wildman–Crippen MR) is 106 cm³/mol. The highest BCUT2D eigenvalue weighted by atomic mass is 32.2. The molecule has 0 saturated heterocycles. The lowest BCUT2D eigenvalue weighted by Gasteiger charge is -2.05. The third-order valence-corrected chi connectivity index (χ3v) is 5.84. The Morgan fingerprint density at radius 3 is 2.63 bits per heavy atom. The Hall–Kier alpha value is -2.78. The molecule has 3 rings (SSSR count). The lowest BCUT2D eigenvalue weighted by molar-refractivity contribution is -0.384. The maximum atomic E-state index is 12.2. The van der Waals surface area contributed by atoms with Crippen LogP contribution in [0.1, 0.15) is 27.0 Å². The van der Waals surface area contributed by atoms with E-state index >= 15 is 0 Å². The summed E-state index contributed by atoms with van der Waals surface area (Å²) in [5.74, 6) is 0.394. The summed E-state index contributed by atoms with van der Waals surface area (Å²) in [5.41, 5.74) is 3.94. The number of benzene rings is 2. The van der Waals surface area contributed by atoms with E-state index in [1.807, 2.05) is 0 Å². The van der Waals surface area contributed by atoms with E-state index in [2.05, 4.69) is 47.6 Å². The van der Waals surface area contributed by atoms with Gasteiger partial charge in [-0.3, -0.25) is 20.2 Å². The van der Waals surface area contributed by atoms with E-state index in [1.165, 1.54) is 52.3 Å². The van der Waals surface area contributed by atoms with Gasteiger partial charge in [0.15, 0.2) is 4.34 Å². The van der Waals surface area contributed by atoms with Gasteiger partial charge in [-0.25, -0.2) is 0 Å². The SMILES string of the molecule is Cc1ccc(C)c(CSc2nnc(NC(=O)c3ccc([N+](=O)[O-])cc3)s2)c1. The molecule has 0 spiro atoms. The van der Waals surface area contributed by atoms with Crippen molar-refractivity contribution in [3.63, 3.8) is 0 Å². The van der Waals surface area contributed by atoms with Gasteiger partial charge in [0.05, 0.1) is 4.92 Å². The van der Waals surface area contributed by atoms with Crippen molar-refractivity contribution in [3.8, 4) is 0 Å². The number of carbonyl (C=O) groups excluding carboxylic acids is 1. The van der Waals surface area contributed by atoms with Gasteiger partial charge in [-0.2, -0.15) is 0 Å². The molecule has 3 aromatic rings. The summed E-state index contributed by atoms with van der Waals surface area (Å²) in [6, 6.07) is 11.7. The average Bonchev–Trinajstić information content (AvgIpc) is 3.10. The Kier molecular flexibility index (Phi) is 5.82. The van der Waals surface area contributed by atoms with Crippen molar-refractivity contribution >= 4 is 39.8 Å². The summed E-state index contributed by atoms with van der Waals surface area (Å²) in [6.45, 7) is 4.13. The fourth-order valence-electron chi connectivity index (χ4n) is 2.32. The second-order valence-electron chi connectivity index (χ2n) is 5.85. The number of thioether (sulfide) groups is 1. The molecule has 138 valence electrons. The molecule has 1 aromatic heterocycles. The molecule has 1 N–H and O–H groups in total. The van der Waals surface area contributed by atoms with Crippen LogP contribution in [0.3, 0.4) is 0 Å². The normalized spacial score (nSPS) is 10.6. The number of aryl methyl sites for hydroxylation is 2. The lowest BCUT2D eigenvalue weighted by atomic mass is 10.1. The third kappa shape index (κ3) is 4.89. The fourth-order valence-corrected chi connectivity index (χ4v) is 4.13. The van der Waals surface area contributed by atoms with Crippen molar-refractivity contribution in [2.45, 2.75) is 23.9 Å². The smallest absolute Gasteiger partial charge is 0.269 e. The highest BCUT2D eigenvalue weighted by molar-refractivity contribution is 8.00. The highest BCUT2D eigenvalue weighted by Crippen LogP contribution is 2.29. The van der Waals surface area contributed by atoms with Gasteiger partial charge in [0.1, 0.15) is 0 Å². The zero-order chi connectivity index (χ0) is 19.4. The van der Waals surface area contributed by atoms with E-state index in [1.54, 1.807) is 11.8 Å². The minimum Gasteiger partial charge on any atom is -0.296 e. The van der Waals surface area contributed by atoms with Gasteiger partial charge in [0.2, 0.25) is 5.13 Å². The average molecular weight is 400 g/mol. The molecule has 0 atom stereocenters. The lowest BCUT2D eigenvalue weighted by Crippen LogP contribution is -2.11. The topological polar surface area (TPSA) is 98.0 Å². The van der Waals surface area contributed by atoms with Gasteiger partial charge >= 0.3 is 0 Å². The van der Waals surface area contributed by atoms with Crippen molar-refractivity contribution in [1.82, 2.24) is 10.2 Å². The molecular formula is C18H16N4O3S2. The summed E-state index contributed by atoms with van der Waals surface area (Å²) in [7, 11) is 0. The number of nitrogens with zero attached hydrogens (tertiary/aromatic N) is 3. The van der Waals surface area contributed by atoms with Crippen LogP contribution >= 0.6 is 23.1 Å². The largest absolute Gasteiger partial charge is 0.296 e. The third-order valence-electron chi connectivity index (χ3n) is 3.82. The van der Waals surface area contributed by atoms with E-state index in [0.29, 0.717) is 10.7 Å². The standard InChI is InChI=1S/C18H16N4O3S2/c1-11-3-4-12(2)14(9-11)10-26-18-21-20-17(27-18)19-16(23)13-5-7-15(8-6-13)22(24)25/h3-9H,10H2,1-2H3,(H,19,20,23). The van der Waals surface area contributed by atoms with Crippen LogP contribution in [0, 0.1) is 24.0 Å². The zero-order valence-electron chi connectivity index (χ0n) is 14.6. The molecule has 9 heteroatoms. The maximum absolute atomic E-state index is 12.2. The highest BCUT2D eigenvalue weighted by Gasteiger charge is 2.13. The maximum Gasteiger partial charge on any atom is 0.269 e. The second-order valence-corrected chi connectivity index (χ2v) is 8.05. The molecule has 1 amide bonds. The summed E-state index contributed by atoms with van der Waals surface area (Å²) < 4.78 is 0.759. The van der Waals surface area contributed by atoms with Crippen LogP contribution in [0.4, 0.5) is 10.8 Å². The Balaban J connectivity index is 1.61. The summed E-state index contributed by atoms with van der Waals surface area (Å²) >= 11 is 2.86. The molecule has 0 unspecified atom stereocenters. The van der Waals surface area contributed by atoms with Crippen LogP contribution in [0.5, 0.6) is 0 Å². The van der Waals surface area contributed by atoms with Crippen LogP contribution < -0.4 is 5.32 Å². The molecule has 1 heterocycles. The van der Waals surface area contributed by atoms with E-state index < -0.39 is 4.92 Å². The number of anilines is 1. The Morgan fingerprint density at radius 2 is 1.93 bits per heavy atom. The summed E-state index contributed by atoms with van der Waals surface area (Å²) in [6.07, 6.45) is 0. The monoisotopic (exact) mass is 400 g/mol. The number of hydrogen-bond donors (Lipinski definition) is 1. The van der Waals surface area contributed by atoms with Crippen molar-refractivity contribution < 1.29 is 9.72 Å². The minimum absolute atomic E-state index is 0.0624. The first-order chi connectivity index (χ1) is 12.9. The minimum atomic E-state index is -0.508. The van der Waals surface area contributed by atoms with Crippen molar-refractivity contribution in [2.24, 2.45) is 0 Å². The van der Waals surface area contributed by atoms with Gasteiger partial charge in [0.25, 0.3) is 11.6 Å². The molecule has 0 aliphatic heterocycles. The van der Waals surface area contributed by atoms with E-state index in [4.69, 9.17) is 0 Å². The van der Waals surface area contributed by atoms with Crippen molar-refractivity contribution in [3.05, 3.63) is 74.8 Å². The van der Waals surface area contributed by atoms with E-state index in [-0.39, 0.29) is 11.6 Å². The van der Waals surface area contributed by atoms with E-state index in [9.17, 15) is 14.9 Å². The molecule has 7 nitrogen and oxygen atoms in total. The Bertz CT molecular complexity index is 987. The van der Waals surface area contributed by atoms with Gasteiger partial charge in [-0.05, 0) is 37.1 Å². The van der Waals surface area contributed by atoms with Crippen molar-refractivity contribution in [1.29, 1.82) is 0 Å². The summed E-state index contributed by atoms with van der Waals surface area (Å²) in [5, 5.41) is 21.8. The molecule has 0 aliphatic rings. The quantitative estimate of drug-likeness (QED) is 0.281. The number of carbonyl (C=O) groups is 1. The molecule has 0 radical (unpaired) electrons. The first kappa shape index (κ1) is 19.0. The first-order valence-corrected chi connectivity index (χ1v) is 9.81.